The first-order valence-corrected chi connectivity index (χ1v) is 11.3. The third-order valence-corrected chi connectivity index (χ3v) is 6.16. The van der Waals surface area contributed by atoms with E-state index >= 15 is 0 Å². The third kappa shape index (κ3) is 7.18. The molecule has 0 saturated carbocycles. The van der Waals surface area contributed by atoms with Crippen LogP contribution in [0.4, 0.5) is 5.69 Å². The second-order valence-corrected chi connectivity index (χ2v) is 8.88. The molecule has 3 aromatic carbocycles. The zero-order chi connectivity index (χ0) is 24.1. The molecular formula is C24H20Cl3N2NaO3S. The predicted octanol–water partition coefficient (Wildman–Crippen LogP) is 3.29. The monoisotopic (exact) mass is 544 g/mol. The van der Waals surface area contributed by atoms with Crippen molar-refractivity contribution in [1.82, 2.24) is 5.32 Å². The fourth-order valence-corrected chi connectivity index (χ4v) is 4.57. The first kappa shape index (κ1) is 28.6. The zero-order valence-electron chi connectivity index (χ0n) is 19.4. The number of carboxylic acid groups (broad SMARTS) is 1. The van der Waals surface area contributed by atoms with Crippen LogP contribution in [0.3, 0.4) is 0 Å². The predicted molar refractivity (Wildman–Crippen MR) is 138 cm³/mol. The Labute approximate surface area is 241 Å². The fourth-order valence-electron chi connectivity index (χ4n) is 3.22. The van der Waals surface area contributed by atoms with E-state index in [-0.39, 0.29) is 58.0 Å². The summed E-state index contributed by atoms with van der Waals surface area (Å²) in [5.41, 5.74) is 2.90. The van der Waals surface area contributed by atoms with Crippen LogP contribution >= 0.6 is 47.0 Å². The van der Waals surface area contributed by atoms with Gasteiger partial charge >= 0.3 is 35.5 Å². The molecule has 3 aromatic rings. The summed E-state index contributed by atoms with van der Waals surface area (Å²) in [7, 11) is 0. The third-order valence-electron chi connectivity index (χ3n) is 4.89. The normalized spacial score (nSPS) is 11.2. The average molecular weight is 546 g/mol. The molecule has 0 aliphatic rings. The molecule has 0 aliphatic heterocycles. The Kier molecular flexibility index (Phi) is 10.8. The van der Waals surface area contributed by atoms with E-state index in [9.17, 15) is 14.7 Å². The van der Waals surface area contributed by atoms with Gasteiger partial charge in [-0.25, -0.2) is 4.79 Å². The van der Waals surface area contributed by atoms with Gasteiger partial charge in [-0.3, -0.25) is 4.79 Å². The van der Waals surface area contributed by atoms with Crippen molar-refractivity contribution in [2.45, 2.75) is 19.4 Å². The standard InChI is InChI=1S/C24H19Cl3N2O3S.Na.H/c1-13-4-2-5-16(25)20(13)23(33)29-19(24(31)32)12-14-8-10-15(11-9-14)28-22(30)21-17(26)6-3-7-18(21)27;;/h2-11,19H,12H2,1H3,(H,28,30)(H,29,33)(H,31,32);;/q;+1;-1/t19-;;/m0../s1. The number of anilines is 1. The molecule has 0 spiro atoms. The Hall–Kier alpha value is -1.64. The van der Waals surface area contributed by atoms with E-state index in [2.05, 4.69) is 10.6 Å². The summed E-state index contributed by atoms with van der Waals surface area (Å²) in [6.45, 7) is 1.85. The minimum atomic E-state index is -1.05. The molecule has 0 radical (unpaired) electrons. The Balaban J connectivity index is 0.00000306. The first-order chi connectivity index (χ1) is 15.7. The molecule has 0 unspecified atom stereocenters. The van der Waals surface area contributed by atoms with Gasteiger partial charge < -0.3 is 17.2 Å². The number of aliphatic carboxylic acids is 1. The number of carbonyl (C=O) groups is 2. The molecule has 1 atom stereocenters. The molecule has 1 amide bonds. The number of carbonyl (C=O) groups excluding carboxylic acids is 1. The van der Waals surface area contributed by atoms with Crippen LogP contribution in [0, 0.1) is 6.92 Å². The average Bonchev–Trinajstić information content (AvgIpc) is 2.74. The van der Waals surface area contributed by atoms with Crippen LogP contribution in [0.5, 0.6) is 0 Å². The van der Waals surface area contributed by atoms with Crippen LogP contribution in [0.2, 0.25) is 15.1 Å². The van der Waals surface area contributed by atoms with Gasteiger partial charge in [0, 0.05) is 17.7 Å². The summed E-state index contributed by atoms with van der Waals surface area (Å²) >= 11 is 23.8. The van der Waals surface area contributed by atoms with Crippen molar-refractivity contribution >= 4 is 69.6 Å². The van der Waals surface area contributed by atoms with E-state index in [1.54, 1.807) is 54.6 Å². The van der Waals surface area contributed by atoms with E-state index in [4.69, 9.17) is 47.0 Å². The number of thiocarbonyl (C=S) groups is 1. The fraction of sp³-hybridized carbons (Fsp3) is 0.125. The summed E-state index contributed by atoms with van der Waals surface area (Å²) in [4.78, 5) is 24.6. The molecule has 172 valence electrons. The van der Waals surface area contributed by atoms with E-state index in [0.29, 0.717) is 16.3 Å². The summed E-state index contributed by atoms with van der Waals surface area (Å²) in [5.74, 6) is -1.49. The topological polar surface area (TPSA) is 78.4 Å². The Bertz CT molecular complexity index is 1190. The van der Waals surface area contributed by atoms with Crippen molar-refractivity contribution in [3.05, 3.63) is 98.0 Å². The molecule has 0 saturated heterocycles. The number of hydrogen-bond donors (Lipinski definition) is 3. The maximum atomic E-state index is 12.5. The minimum Gasteiger partial charge on any atom is -1.00 e. The van der Waals surface area contributed by atoms with Gasteiger partial charge in [0.2, 0.25) is 0 Å². The van der Waals surface area contributed by atoms with E-state index < -0.39 is 17.9 Å². The summed E-state index contributed by atoms with van der Waals surface area (Å²) in [6, 6.07) is 16.0. The second kappa shape index (κ2) is 12.9. The van der Waals surface area contributed by atoms with Crippen LogP contribution in [0.25, 0.3) is 0 Å². The van der Waals surface area contributed by atoms with E-state index in [0.717, 1.165) is 11.1 Å². The quantitative estimate of drug-likeness (QED) is 0.314. The van der Waals surface area contributed by atoms with Crippen molar-refractivity contribution in [3.8, 4) is 0 Å². The molecule has 0 aliphatic carbocycles. The first-order valence-electron chi connectivity index (χ1n) is 9.80. The van der Waals surface area contributed by atoms with Gasteiger partial charge in [0.1, 0.15) is 11.0 Å². The molecule has 3 N–H and O–H groups in total. The van der Waals surface area contributed by atoms with Gasteiger partial charge in [0.25, 0.3) is 5.91 Å². The molecular weight excluding hydrogens is 526 g/mol. The molecule has 0 aromatic heterocycles. The number of carboxylic acids is 1. The van der Waals surface area contributed by atoms with Gasteiger partial charge in [0.15, 0.2) is 0 Å². The maximum absolute atomic E-state index is 12.5. The molecule has 3 rings (SSSR count). The molecule has 0 bridgehead atoms. The van der Waals surface area contributed by atoms with Crippen molar-refractivity contribution in [2.24, 2.45) is 0 Å². The number of hydrogen-bond acceptors (Lipinski definition) is 3. The molecule has 0 fully saturated rings. The van der Waals surface area contributed by atoms with Crippen molar-refractivity contribution in [2.75, 3.05) is 5.32 Å². The summed E-state index contributed by atoms with van der Waals surface area (Å²) < 4.78 is 0. The van der Waals surface area contributed by atoms with Crippen LogP contribution in [-0.2, 0) is 11.2 Å². The number of halogens is 3. The number of benzene rings is 3. The van der Waals surface area contributed by atoms with Gasteiger partial charge in [-0.2, -0.15) is 0 Å². The minimum absolute atomic E-state index is 0. The largest absolute Gasteiger partial charge is 1.00 e. The zero-order valence-corrected chi connectivity index (χ0v) is 23.4. The molecule has 0 heterocycles. The number of rotatable bonds is 7. The Morgan fingerprint density at radius 3 is 2.00 bits per heavy atom. The molecule has 34 heavy (non-hydrogen) atoms. The maximum Gasteiger partial charge on any atom is 1.00 e. The van der Waals surface area contributed by atoms with Crippen molar-refractivity contribution in [1.29, 1.82) is 0 Å². The summed E-state index contributed by atoms with van der Waals surface area (Å²) in [5, 5.41) is 16.3. The van der Waals surface area contributed by atoms with Crippen molar-refractivity contribution in [3.63, 3.8) is 0 Å². The van der Waals surface area contributed by atoms with Crippen LogP contribution in [0.1, 0.15) is 28.5 Å². The Morgan fingerprint density at radius 2 is 1.47 bits per heavy atom. The van der Waals surface area contributed by atoms with Crippen LogP contribution in [-0.4, -0.2) is 28.0 Å². The second-order valence-electron chi connectivity index (χ2n) is 7.25. The van der Waals surface area contributed by atoms with Gasteiger partial charge in [-0.15, -0.1) is 0 Å². The van der Waals surface area contributed by atoms with Gasteiger partial charge in [-0.05, 0) is 48.4 Å². The Morgan fingerprint density at radius 1 is 0.941 bits per heavy atom. The molecule has 5 nitrogen and oxygen atoms in total. The summed E-state index contributed by atoms with van der Waals surface area (Å²) in [6.07, 6.45) is 0.170. The number of amides is 1. The number of aryl methyl sites for hydroxylation is 1. The van der Waals surface area contributed by atoms with Crippen molar-refractivity contribution < 1.29 is 45.7 Å². The smallest absolute Gasteiger partial charge is 1.00 e. The van der Waals surface area contributed by atoms with Crippen LogP contribution in [0.15, 0.2) is 60.7 Å². The van der Waals surface area contributed by atoms with E-state index in [1.807, 2.05) is 13.0 Å². The SMILES string of the molecule is Cc1cccc(Cl)c1C(=S)N[C@@H](Cc1ccc(NC(=O)c2c(Cl)cccc2Cl)cc1)C(=O)O.[H-].[Na+]. The number of nitrogens with one attached hydrogen (secondary N) is 2. The van der Waals surface area contributed by atoms with E-state index in [1.165, 1.54) is 0 Å². The van der Waals surface area contributed by atoms with Gasteiger partial charge in [-0.1, -0.05) is 77.4 Å². The molecule has 10 heteroatoms. The van der Waals surface area contributed by atoms with Gasteiger partial charge in [0.05, 0.1) is 20.6 Å². The van der Waals surface area contributed by atoms with Crippen LogP contribution < -0.4 is 40.2 Å².